The average molecular weight is 181 g/mol. The van der Waals surface area contributed by atoms with Crippen molar-refractivity contribution in [1.82, 2.24) is 0 Å². The maximum atomic E-state index is 9.23. The van der Waals surface area contributed by atoms with Crippen LogP contribution in [-0.2, 0) is 4.74 Å². The molecule has 0 radical (unpaired) electrons. The Kier molecular flexibility index (Phi) is 2.98. The quantitative estimate of drug-likeness (QED) is 0.656. The summed E-state index contributed by atoms with van der Waals surface area (Å²) in [5.74, 6) is 0. The lowest BCUT2D eigenvalue weighted by atomic mass is 9.66. The minimum absolute atomic E-state index is 0.00993. The Bertz CT molecular complexity index is 213. The van der Waals surface area contributed by atoms with Gasteiger partial charge in [-0.2, -0.15) is 5.26 Å². The van der Waals surface area contributed by atoms with Crippen molar-refractivity contribution in [3.8, 4) is 6.07 Å². The fourth-order valence-corrected chi connectivity index (χ4v) is 2.23. The van der Waals surface area contributed by atoms with Crippen LogP contribution in [0, 0.1) is 16.7 Å². The Balaban J connectivity index is 2.87. The Labute approximate surface area is 80.9 Å². The molecule has 13 heavy (non-hydrogen) atoms. The summed E-state index contributed by atoms with van der Waals surface area (Å²) in [7, 11) is 0. The van der Waals surface area contributed by atoms with E-state index in [0.29, 0.717) is 6.61 Å². The number of hydrogen-bond acceptors (Lipinski definition) is 2. The molecule has 0 spiro atoms. The first-order chi connectivity index (χ1) is 6.08. The largest absolute Gasteiger partial charge is 0.360 e. The van der Waals surface area contributed by atoms with Crippen LogP contribution in [0.4, 0.5) is 0 Å². The third-order valence-electron chi connectivity index (χ3n) is 3.25. The van der Waals surface area contributed by atoms with Crippen LogP contribution in [0.1, 0.15) is 46.5 Å². The molecule has 0 N–H and O–H groups in total. The van der Waals surface area contributed by atoms with Gasteiger partial charge in [-0.3, -0.25) is 0 Å². The fraction of sp³-hybridized carbons (Fsp3) is 0.909. The van der Waals surface area contributed by atoms with Gasteiger partial charge in [-0.15, -0.1) is 0 Å². The predicted molar refractivity (Wildman–Crippen MR) is 52.2 cm³/mol. The molecule has 1 atom stereocenters. The van der Waals surface area contributed by atoms with E-state index in [2.05, 4.69) is 19.9 Å². The summed E-state index contributed by atoms with van der Waals surface area (Å²) in [6.07, 6.45) is 4.34. The number of nitriles is 1. The Morgan fingerprint density at radius 2 is 1.92 bits per heavy atom. The van der Waals surface area contributed by atoms with Crippen molar-refractivity contribution in [2.75, 3.05) is 6.61 Å². The Morgan fingerprint density at radius 3 is 2.38 bits per heavy atom. The summed E-state index contributed by atoms with van der Waals surface area (Å²) in [4.78, 5) is 0. The van der Waals surface area contributed by atoms with E-state index >= 15 is 0 Å². The van der Waals surface area contributed by atoms with Crippen LogP contribution in [0.2, 0.25) is 0 Å². The van der Waals surface area contributed by atoms with E-state index in [9.17, 15) is 5.26 Å². The number of ether oxygens (including phenoxy) is 1. The first-order valence-electron chi connectivity index (χ1n) is 5.13. The molecule has 0 aliphatic heterocycles. The molecule has 0 saturated heterocycles. The van der Waals surface area contributed by atoms with Gasteiger partial charge in [-0.05, 0) is 26.2 Å². The van der Waals surface area contributed by atoms with Crippen LogP contribution >= 0.6 is 0 Å². The van der Waals surface area contributed by atoms with Gasteiger partial charge in [0.1, 0.15) is 0 Å². The van der Waals surface area contributed by atoms with Gasteiger partial charge in [0.05, 0.1) is 6.07 Å². The van der Waals surface area contributed by atoms with E-state index < -0.39 is 5.60 Å². The fourth-order valence-electron chi connectivity index (χ4n) is 2.23. The summed E-state index contributed by atoms with van der Waals surface area (Å²) in [6, 6.07) is 2.39. The van der Waals surface area contributed by atoms with Crippen molar-refractivity contribution in [2.45, 2.75) is 52.1 Å². The van der Waals surface area contributed by atoms with Crippen LogP contribution in [0.3, 0.4) is 0 Å². The molecule has 0 amide bonds. The molecule has 0 aromatic rings. The van der Waals surface area contributed by atoms with Gasteiger partial charge in [0.15, 0.2) is 5.60 Å². The zero-order valence-electron chi connectivity index (χ0n) is 8.89. The number of nitrogens with zero attached hydrogens (tertiary/aromatic N) is 1. The molecule has 2 nitrogen and oxygen atoms in total. The second-order valence-corrected chi connectivity index (χ2v) is 4.46. The minimum Gasteiger partial charge on any atom is -0.360 e. The van der Waals surface area contributed by atoms with Gasteiger partial charge < -0.3 is 4.74 Å². The summed E-state index contributed by atoms with van der Waals surface area (Å²) in [5, 5.41) is 9.23. The third kappa shape index (κ3) is 1.71. The predicted octanol–water partition coefficient (Wildman–Crippen LogP) is 2.89. The van der Waals surface area contributed by atoms with Crippen LogP contribution in [0.25, 0.3) is 0 Å². The SMILES string of the molecule is CCOC1(C#N)CCCCC1(C)C. The second-order valence-electron chi connectivity index (χ2n) is 4.46. The number of rotatable bonds is 2. The van der Waals surface area contributed by atoms with Crippen LogP contribution in [-0.4, -0.2) is 12.2 Å². The molecule has 0 aromatic heterocycles. The molecule has 1 aliphatic rings. The molecule has 1 saturated carbocycles. The average Bonchev–Trinajstić information content (AvgIpc) is 2.09. The maximum absolute atomic E-state index is 9.23. The van der Waals surface area contributed by atoms with Crippen molar-refractivity contribution in [1.29, 1.82) is 5.26 Å². The second kappa shape index (κ2) is 3.67. The standard InChI is InChI=1S/C11H19NO/c1-4-13-11(9-12)8-6-5-7-10(11,2)3/h4-8H2,1-3H3. The molecule has 1 unspecified atom stereocenters. The van der Waals surface area contributed by atoms with Crippen molar-refractivity contribution in [3.63, 3.8) is 0 Å². The van der Waals surface area contributed by atoms with E-state index in [1.807, 2.05) is 6.92 Å². The molecule has 2 heteroatoms. The minimum atomic E-state index is -0.528. The van der Waals surface area contributed by atoms with E-state index in [1.165, 1.54) is 6.42 Å². The molecule has 0 heterocycles. The molecule has 74 valence electrons. The van der Waals surface area contributed by atoms with E-state index in [-0.39, 0.29) is 5.41 Å². The van der Waals surface area contributed by atoms with Gasteiger partial charge in [-0.1, -0.05) is 20.3 Å². The highest BCUT2D eigenvalue weighted by atomic mass is 16.5. The first-order valence-corrected chi connectivity index (χ1v) is 5.13. The van der Waals surface area contributed by atoms with Gasteiger partial charge in [0, 0.05) is 12.0 Å². The zero-order valence-corrected chi connectivity index (χ0v) is 8.89. The molecule has 1 aliphatic carbocycles. The Hall–Kier alpha value is -0.550. The molecule has 1 rings (SSSR count). The van der Waals surface area contributed by atoms with Gasteiger partial charge in [0.2, 0.25) is 0 Å². The number of hydrogen-bond donors (Lipinski definition) is 0. The van der Waals surface area contributed by atoms with Crippen molar-refractivity contribution in [2.24, 2.45) is 5.41 Å². The first kappa shape index (κ1) is 10.5. The highest BCUT2D eigenvalue weighted by Crippen LogP contribution is 2.45. The summed E-state index contributed by atoms with van der Waals surface area (Å²) in [6.45, 7) is 6.89. The van der Waals surface area contributed by atoms with Crippen LogP contribution < -0.4 is 0 Å². The summed E-state index contributed by atoms with van der Waals surface area (Å²) >= 11 is 0. The highest BCUT2D eigenvalue weighted by Gasteiger charge is 2.47. The van der Waals surface area contributed by atoms with Gasteiger partial charge in [-0.25, -0.2) is 0 Å². The zero-order chi connectivity index (χ0) is 9.95. The van der Waals surface area contributed by atoms with Crippen LogP contribution in [0.5, 0.6) is 0 Å². The lowest BCUT2D eigenvalue weighted by Crippen LogP contribution is -2.48. The highest BCUT2D eigenvalue weighted by molar-refractivity contribution is 5.12. The normalized spacial score (nSPS) is 32.5. The lowest BCUT2D eigenvalue weighted by Gasteiger charge is -2.44. The van der Waals surface area contributed by atoms with Gasteiger partial charge in [0.25, 0.3) is 0 Å². The lowest BCUT2D eigenvalue weighted by molar-refractivity contribution is -0.101. The third-order valence-corrected chi connectivity index (χ3v) is 3.25. The van der Waals surface area contributed by atoms with Crippen molar-refractivity contribution >= 4 is 0 Å². The molecule has 0 aromatic carbocycles. The topological polar surface area (TPSA) is 33.0 Å². The Morgan fingerprint density at radius 1 is 1.31 bits per heavy atom. The van der Waals surface area contributed by atoms with Crippen molar-refractivity contribution < 1.29 is 4.74 Å². The van der Waals surface area contributed by atoms with Gasteiger partial charge >= 0.3 is 0 Å². The van der Waals surface area contributed by atoms with Crippen LogP contribution in [0.15, 0.2) is 0 Å². The summed E-state index contributed by atoms with van der Waals surface area (Å²) in [5.41, 5.74) is -0.518. The monoisotopic (exact) mass is 181 g/mol. The smallest absolute Gasteiger partial charge is 0.159 e. The summed E-state index contributed by atoms with van der Waals surface area (Å²) < 4.78 is 5.67. The van der Waals surface area contributed by atoms with E-state index in [1.54, 1.807) is 0 Å². The van der Waals surface area contributed by atoms with E-state index in [0.717, 1.165) is 19.3 Å². The molecular formula is C11H19NO. The molecule has 1 fully saturated rings. The molecule has 0 bridgehead atoms. The van der Waals surface area contributed by atoms with Crippen molar-refractivity contribution in [3.05, 3.63) is 0 Å². The van der Waals surface area contributed by atoms with E-state index in [4.69, 9.17) is 4.74 Å². The maximum Gasteiger partial charge on any atom is 0.159 e. The molecular weight excluding hydrogens is 162 g/mol.